The third-order valence-corrected chi connectivity index (χ3v) is 6.35. The fourth-order valence-electron chi connectivity index (χ4n) is 4.16. The van der Waals surface area contributed by atoms with Crippen molar-refractivity contribution in [2.24, 2.45) is 0 Å². The molecule has 0 saturated heterocycles. The second-order valence-electron chi connectivity index (χ2n) is 7.41. The second-order valence-corrected chi connectivity index (χ2v) is 8.29. The van der Waals surface area contributed by atoms with E-state index in [1.54, 1.807) is 11.8 Å². The number of hydrogen-bond acceptors (Lipinski definition) is 3. The standard InChI is InChI=1S/C23H23NO2S/c1-14-3-5-15(6-4-14)17-11-20-23(21(25)12-17)19(13-22(26)24-20)16-7-9-18(27-2)10-8-16/h3-10,17,19H,11-13H2,1-2H3,(H,24,26). The Morgan fingerprint density at radius 1 is 0.889 bits per heavy atom. The van der Waals surface area contributed by atoms with Crippen LogP contribution in [0.1, 0.15) is 47.8 Å². The first-order valence-corrected chi connectivity index (χ1v) is 10.5. The van der Waals surface area contributed by atoms with Crippen molar-refractivity contribution >= 4 is 23.5 Å². The maximum atomic E-state index is 13.1. The average Bonchev–Trinajstić information content (AvgIpc) is 2.67. The lowest BCUT2D eigenvalue weighted by Gasteiger charge is -2.34. The summed E-state index contributed by atoms with van der Waals surface area (Å²) in [6, 6.07) is 16.6. The molecule has 1 N–H and O–H groups in total. The summed E-state index contributed by atoms with van der Waals surface area (Å²) >= 11 is 1.69. The molecule has 1 heterocycles. The zero-order chi connectivity index (χ0) is 19.0. The molecule has 0 fully saturated rings. The Balaban J connectivity index is 1.68. The van der Waals surface area contributed by atoms with Crippen molar-refractivity contribution in [2.45, 2.75) is 42.9 Å². The van der Waals surface area contributed by atoms with E-state index in [0.717, 1.165) is 23.3 Å². The molecule has 27 heavy (non-hydrogen) atoms. The summed E-state index contributed by atoms with van der Waals surface area (Å²) in [5.41, 5.74) is 5.07. The summed E-state index contributed by atoms with van der Waals surface area (Å²) in [6.45, 7) is 2.06. The molecule has 2 aromatic rings. The third-order valence-electron chi connectivity index (χ3n) is 5.60. The smallest absolute Gasteiger partial charge is 0.225 e. The minimum atomic E-state index is -0.129. The van der Waals surface area contributed by atoms with E-state index in [9.17, 15) is 9.59 Å². The third kappa shape index (κ3) is 3.59. The van der Waals surface area contributed by atoms with Gasteiger partial charge in [-0.15, -0.1) is 11.8 Å². The van der Waals surface area contributed by atoms with Gasteiger partial charge >= 0.3 is 0 Å². The van der Waals surface area contributed by atoms with E-state index in [1.165, 1.54) is 16.0 Å². The van der Waals surface area contributed by atoms with Crippen LogP contribution in [0.4, 0.5) is 0 Å². The van der Waals surface area contributed by atoms with E-state index >= 15 is 0 Å². The molecule has 0 aromatic heterocycles. The van der Waals surface area contributed by atoms with Crippen molar-refractivity contribution in [3.63, 3.8) is 0 Å². The minimum Gasteiger partial charge on any atom is -0.329 e. The van der Waals surface area contributed by atoms with Crippen LogP contribution in [0.15, 0.2) is 64.7 Å². The summed E-state index contributed by atoms with van der Waals surface area (Å²) in [4.78, 5) is 26.6. The summed E-state index contributed by atoms with van der Waals surface area (Å²) in [5, 5.41) is 3.00. The summed E-state index contributed by atoms with van der Waals surface area (Å²) in [7, 11) is 0. The monoisotopic (exact) mass is 377 g/mol. The minimum absolute atomic E-state index is 0.00468. The van der Waals surface area contributed by atoms with Gasteiger partial charge in [0.15, 0.2) is 5.78 Å². The van der Waals surface area contributed by atoms with E-state index in [4.69, 9.17) is 0 Å². The van der Waals surface area contributed by atoms with E-state index in [2.05, 4.69) is 60.8 Å². The molecule has 3 nitrogen and oxygen atoms in total. The number of amides is 1. The molecular formula is C23H23NO2S. The van der Waals surface area contributed by atoms with Gasteiger partial charge in [-0.2, -0.15) is 0 Å². The van der Waals surface area contributed by atoms with Gasteiger partial charge in [0.2, 0.25) is 5.91 Å². The molecule has 0 spiro atoms. The quantitative estimate of drug-likeness (QED) is 0.787. The Morgan fingerprint density at radius 2 is 1.56 bits per heavy atom. The predicted octanol–water partition coefficient (Wildman–Crippen LogP) is 4.72. The van der Waals surface area contributed by atoms with Gasteiger partial charge in [-0.25, -0.2) is 0 Å². The summed E-state index contributed by atoms with van der Waals surface area (Å²) in [5.74, 6) is 0.178. The van der Waals surface area contributed by atoms with Crippen LogP contribution in [0.5, 0.6) is 0 Å². The maximum Gasteiger partial charge on any atom is 0.225 e. The zero-order valence-corrected chi connectivity index (χ0v) is 16.4. The summed E-state index contributed by atoms with van der Waals surface area (Å²) in [6.07, 6.45) is 3.62. The molecule has 1 amide bonds. The summed E-state index contributed by atoms with van der Waals surface area (Å²) < 4.78 is 0. The molecule has 4 rings (SSSR count). The Hall–Kier alpha value is -2.33. The van der Waals surface area contributed by atoms with Gasteiger partial charge in [0.25, 0.3) is 0 Å². The normalized spacial score (nSPS) is 22.4. The molecule has 138 valence electrons. The number of allylic oxidation sites excluding steroid dienone is 2. The number of ketones is 1. The number of aryl methyl sites for hydroxylation is 1. The molecule has 2 aromatic carbocycles. The average molecular weight is 378 g/mol. The van der Waals surface area contributed by atoms with Crippen molar-refractivity contribution in [1.29, 1.82) is 0 Å². The number of Topliss-reactive ketones (excluding diaryl/α,β-unsaturated/α-hetero) is 1. The van der Waals surface area contributed by atoms with Gasteiger partial charge in [-0.05, 0) is 48.8 Å². The molecule has 2 unspecified atom stereocenters. The van der Waals surface area contributed by atoms with Crippen LogP contribution >= 0.6 is 11.8 Å². The van der Waals surface area contributed by atoms with Crippen LogP contribution < -0.4 is 5.32 Å². The molecule has 2 aliphatic rings. The Kier molecular flexibility index (Phi) is 4.92. The number of carbonyl (C=O) groups excluding carboxylic acids is 2. The molecule has 2 atom stereocenters. The molecule has 0 radical (unpaired) electrons. The fourth-order valence-corrected chi connectivity index (χ4v) is 4.56. The number of carbonyl (C=O) groups is 2. The number of hydrogen-bond donors (Lipinski definition) is 1. The van der Waals surface area contributed by atoms with Crippen LogP contribution in [-0.4, -0.2) is 17.9 Å². The van der Waals surface area contributed by atoms with E-state index in [1.807, 2.05) is 6.26 Å². The Morgan fingerprint density at radius 3 is 2.22 bits per heavy atom. The molecule has 0 saturated carbocycles. The van der Waals surface area contributed by atoms with Gasteiger partial charge in [0, 0.05) is 34.9 Å². The largest absolute Gasteiger partial charge is 0.329 e. The lowest BCUT2D eigenvalue weighted by Crippen LogP contribution is -2.38. The highest BCUT2D eigenvalue weighted by molar-refractivity contribution is 7.98. The van der Waals surface area contributed by atoms with Crippen molar-refractivity contribution in [2.75, 3.05) is 6.26 Å². The van der Waals surface area contributed by atoms with Crippen LogP contribution in [0.3, 0.4) is 0 Å². The fraction of sp³-hybridized carbons (Fsp3) is 0.304. The molecule has 0 bridgehead atoms. The topological polar surface area (TPSA) is 46.2 Å². The maximum absolute atomic E-state index is 13.1. The van der Waals surface area contributed by atoms with Crippen LogP contribution in [0.2, 0.25) is 0 Å². The van der Waals surface area contributed by atoms with Crippen molar-refractivity contribution < 1.29 is 9.59 Å². The number of benzene rings is 2. The first-order chi connectivity index (χ1) is 13.0. The van der Waals surface area contributed by atoms with E-state index < -0.39 is 0 Å². The molecule has 4 heteroatoms. The lowest BCUT2D eigenvalue weighted by atomic mass is 9.73. The van der Waals surface area contributed by atoms with Gasteiger partial charge in [0.1, 0.15) is 0 Å². The first kappa shape index (κ1) is 18.1. The SMILES string of the molecule is CSc1ccc(C2CC(=O)NC3=C2C(=O)CC(c2ccc(C)cc2)C3)cc1. The molecular weight excluding hydrogens is 354 g/mol. The predicted molar refractivity (Wildman–Crippen MR) is 109 cm³/mol. The van der Waals surface area contributed by atoms with Gasteiger partial charge < -0.3 is 5.32 Å². The van der Waals surface area contributed by atoms with Crippen LogP contribution in [-0.2, 0) is 9.59 Å². The van der Waals surface area contributed by atoms with E-state index in [0.29, 0.717) is 12.8 Å². The van der Waals surface area contributed by atoms with E-state index in [-0.39, 0.29) is 23.5 Å². The Bertz CT molecular complexity index is 912. The number of nitrogens with one attached hydrogen (secondary N) is 1. The Labute approximate surface area is 164 Å². The van der Waals surface area contributed by atoms with Gasteiger partial charge in [0.05, 0.1) is 0 Å². The zero-order valence-electron chi connectivity index (χ0n) is 15.6. The molecule has 1 aliphatic heterocycles. The molecule has 1 aliphatic carbocycles. The highest BCUT2D eigenvalue weighted by Gasteiger charge is 2.38. The van der Waals surface area contributed by atoms with Gasteiger partial charge in [-0.1, -0.05) is 42.0 Å². The van der Waals surface area contributed by atoms with Crippen LogP contribution in [0.25, 0.3) is 0 Å². The van der Waals surface area contributed by atoms with Crippen LogP contribution in [0, 0.1) is 6.92 Å². The number of thioether (sulfide) groups is 1. The van der Waals surface area contributed by atoms with Crippen molar-refractivity contribution in [3.8, 4) is 0 Å². The highest BCUT2D eigenvalue weighted by atomic mass is 32.2. The van der Waals surface area contributed by atoms with Crippen molar-refractivity contribution in [3.05, 3.63) is 76.5 Å². The van der Waals surface area contributed by atoms with Gasteiger partial charge in [-0.3, -0.25) is 9.59 Å². The highest BCUT2D eigenvalue weighted by Crippen LogP contribution is 2.42. The second kappa shape index (κ2) is 7.35. The van der Waals surface area contributed by atoms with Crippen molar-refractivity contribution in [1.82, 2.24) is 5.32 Å². The number of rotatable bonds is 3. The lowest BCUT2D eigenvalue weighted by molar-refractivity contribution is -0.122. The first-order valence-electron chi connectivity index (χ1n) is 9.31.